The summed E-state index contributed by atoms with van der Waals surface area (Å²) in [7, 11) is 0. The van der Waals surface area contributed by atoms with Crippen LogP contribution in [-0.2, 0) is 11.2 Å². The minimum absolute atomic E-state index is 0.00335. The van der Waals surface area contributed by atoms with Gasteiger partial charge in [0.25, 0.3) is 11.5 Å². The van der Waals surface area contributed by atoms with Gasteiger partial charge in [-0.05, 0) is 31.7 Å². The van der Waals surface area contributed by atoms with Crippen LogP contribution in [0.1, 0.15) is 71.4 Å². The van der Waals surface area contributed by atoms with Crippen LogP contribution in [0.3, 0.4) is 0 Å². The zero-order valence-electron chi connectivity index (χ0n) is 16.3. The number of carbonyl (C=O) groups is 2. The quantitative estimate of drug-likeness (QED) is 0.820. The van der Waals surface area contributed by atoms with Gasteiger partial charge in [0.05, 0.1) is 13.2 Å². The van der Waals surface area contributed by atoms with Crippen LogP contribution in [0.2, 0.25) is 0 Å². The zero-order chi connectivity index (χ0) is 19.6. The second-order valence-electron chi connectivity index (χ2n) is 8.25. The Hall–Kier alpha value is -1.99. The monoisotopic (exact) mass is 387 g/mol. The third-order valence-corrected chi connectivity index (χ3v) is 6.54. The Morgan fingerprint density at radius 1 is 1.11 bits per heavy atom. The van der Waals surface area contributed by atoms with E-state index in [0.29, 0.717) is 30.6 Å². The van der Waals surface area contributed by atoms with Gasteiger partial charge in [-0.2, -0.15) is 0 Å². The van der Waals surface area contributed by atoms with E-state index in [1.165, 1.54) is 12.5 Å². The van der Waals surface area contributed by atoms with Crippen molar-refractivity contribution in [3.63, 3.8) is 0 Å². The number of rotatable bonds is 4. The van der Waals surface area contributed by atoms with Crippen molar-refractivity contribution in [1.82, 2.24) is 15.2 Å². The highest BCUT2D eigenvalue weighted by Gasteiger charge is 2.39. The van der Waals surface area contributed by atoms with Crippen LogP contribution in [0.25, 0.3) is 0 Å². The van der Waals surface area contributed by atoms with Gasteiger partial charge < -0.3 is 15.0 Å². The Kier molecular flexibility index (Phi) is 5.64. The van der Waals surface area contributed by atoms with Crippen LogP contribution in [0.4, 0.5) is 0 Å². The van der Waals surface area contributed by atoms with E-state index in [-0.39, 0.29) is 22.8 Å². The first-order chi connectivity index (χ1) is 13.6. The molecule has 1 saturated heterocycles. The summed E-state index contributed by atoms with van der Waals surface area (Å²) in [5.41, 5.74) is 0.734. The normalized spacial score (nSPS) is 22.5. The highest BCUT2D eigenvalue weighted by Crippen LogP contribution is 2.34. The van der Waals surface area contributed by atoms with Crippen molar-refractivity contribution in [2.45, 2.75) is 56.9 Å². The van der Waals surface area contributed by atoms with Crippen molar-refractivity contribution in [3.05, 3.63) is 33.2 Å². The number of aryl methyl sites for hydroxylation is 1. The molecule has 4 rings (SSSR count). The number of carbonyl (C=O) groups excluding carboxylic acids is 2. The van der Waals surface area contributed by atoms with Gasteiger partial charge in [0.15, 0.2) is 5.78 Å². The Bertz CT molecular complexity index is 804. The number of nitrogens with one attached hydrogen (secondary N) is 2. The molecule has 7 nitrogen and oxygen atoms in total. The summed E-state index contributed by atoms with van der Waals surface area (Å²) in [5.74, 6) is -0.385. The molecule has 2 aliphatic carbocycles. The van der Waals surface area contributed by atoms with E-state index in [2.05, 4.69) is 15.2 Å². The van der Waals surface area contributed by atoms with Gasteiger partial charge in [0.1, 0.15) is 5.56 Å². The first-order valence-corrected chi connectivity index (χ1v) is 10.5. The molecule has 0 atom stereocenters. The molecule has 152 valence electrons. The third-order valence-electron chi connectivity index (χ3n) is 6.54. The molecular weight excluding hydrogens is 358 g/mol. The van der Waals surface area contributed by atoms with E-state index in [0.717, 1.165) is 58.4 Å². The van der Waals surface area contributed by atoms with E-state index in [9.17, 15) is 14.4 Å². The summed E-state index contributed by atoms with van der Waals surface area (Å²) in [6.45, 7) is 3.73. The van der Waals surface area contributed by atoms with Crippen molar-refractivity contribution >= 4 is 11.7 Å². The van der Waals surface area contributed by atoms with Crippen molar-refractivity contribution in [1.29, 1.82) is 0 Å². The zero-order valence-corrected chi connectivity index (χ0v) is 16.3. The summed E-state index contributed by atoms with van der Waals surface area (Å²) in [6, 6.07) is 1.49. The summed E-state index contributed by atoms with van der Waals surface area (Å²) in [6.07, 6.45) is 7.53. The average Bonchev–Trinajstić information content (AvgIpc) is 2.73. The number of H-pyrrole nitrogens is 1. The number of hydrogen-bond acceptors (Lipinski definition) is 5. The number of ether oxygens (including phenoxy) is 1. The molecule has 7 heteroatoms. The van der Waals surface area contributed by atoms with Crippen LogP contribution >= 0.6 is 0 Å². The molecule has 1 aliphatic heterocycles. The number of pyridine rings is 1. The van der Waals surface area contributed by atoms with Crippen molar-refractivity contribution in [3.8, 4) is 0 Å². The second kappa shape index (κ2) is 8.17. The van der Waals surface area contributed by atoms with E-state index in [4.69, 9.17) is 4.74 Å². The molecule has 1 aromatic heterocycles. The van der Waals surface area contributed by atoms with Gasteiger partial charge in [-0.25, -0.2) is 0 Å². The molecule has 1 saturated carbocycles. The third kappa shape index (κ3) is 3.78. The largest absolute Gasteiger partial charge is 0.379 e. The number of morpholine rings is 1. The molecule has 2 heterocycles. The average molecular weight is 387 g/mol. The summed E-state index contributed by atoms with van der Waals surface area (Å²) < 4.78 is 5.50. The molecular formula is C21H29N3O4. The van der Waals surface area contributed by atoms with E-state index in [1.807, 2.05) is 0 Å². The second-order valence-corrected chi connectivity index (χ2v) is 8.25. The number of hydrogen-bond donors (Lipinski definition) is 2. The molecule has 2 N–H and O–H groups in total. The predicted molar refractivity (Wildman–Crippen MR) is 105 cm³/mol. The predicted octanol–water partition coefficient (Wildman–Crippen LogP) is 1.66. The summed E-state index contributed by atoms with van der Waals surface area (Å²) in [5, 5.41) is 3.02. The number of aromatic nitrogens is 1. The molecule has 1 amide bonds. The molecule has 28 heavy (non-hydrogen) atoms. The van der Waals surface area contributed by atoms with Crippen LogP contribution < -0.4 is 10.9 Å². The summed E-state index contributed by atoms with van der Waals surface area (Å²) in [4.78, 5) is 42.6. The smallest absolute Gasteiger partial charge is 0.261 e. The maximum Gasteiger partial charge on any atom is 0.261 e. The van der Waals surface area contributed by atoms with Crippen LogP contribution in [0, 0.1) is 0 Å². The molecule has 0 spiro atoms. The molecule has 3 aliphatic rings. The van der Waals surface area contributed by atoms with E-state index < -0.39 is 5.56 Å². The highest BCUT2D eigenvalue weighted by molar-refractivity contribution is 6.01. The van der Waals surface area contributed by atoms with Gasteiger partial charge in [0, 0.05) is 42.9 Å². The lowest BCUT2D eigenvalue weighted by Gasteiger charge is -2.48. The van der Waals surface area contributed by atoms with E-state index >= 15 is 0 Å². The number of amides is 1. The molecule has 0 unspecified atom stereocenters. The van der Waals surface area contributed by atoms with Gasteiger partial charge in [0.2, 0.25) is 0 Å². The molecule has 0 aromatic carbocycles. The maximum absolute atomic E-state index is 12.8. The molecule has 1 aromatic rings. The fourth-order valence-electron chi connectivity index (χ4n) is 4.94. The number of nitrogens with zero attached hydrogens (tertiary/aromatic N) is 1. The standard InChI is InChI=1S/C21H29N3O4/c25-18-6-4-5-17-15(18)13-16(20(27)23-17)19(26)22-14-21(7-2-1-3-8-21)24-9-11-28-12-10-24/h13H,1-12,14H2,(H,22,26)(H,23,27). The Balaban J connectivity index is 1.52. The first-order valence-electron chi connectivity index (χ1n) is 10.5. The Labute approximate surface area is 164 Å². The maximum atomic E-state index is 12.8. The minimum Gasteiger partial charge on any atom is -0.379 e. The SMILES string of the molecule is O=C1CCCc2[nH]c(=O)c(C(=O)NCC3(N4CCOCC4)CCCCC3)cc21. The Morgan fingerprint density at radius 3 is 2.61 bits per heavy atom. The lowest BCUT2D eigenvalue weighted by atomic mass is 9.79. The fourth-order valence-corrected chi connectivity index (χ4v) is 4.94. The van der Waals surface area contributed by atoms with Gasteiger partial charge in [-0.15, -0.1) is 0 Å². The lowest BCUT2D eigenvalue weighted by molar-refractivity contribution is -0.0361. The molecule has 0 radical (unpaired) electrons. The van der Waals surface area contributed by atoms with Crippen molar-refractivity contribution in [2.75, 3.05) is 32.8 Å². The van der Waals surface area contributed by atoms with Gasteiger partial charge >= 0.3 is 0 Å². The fraction of sp³-hybridized carbons (Fsp3) is 0.667. The van der Waals surface area contributed by atoms with Crippen LogP contribution in [-0.4, -0.2) is 60.0 Å². The number of aromatic amines is 1. The number of fused-ring (bicyclic) bond motifs is 1. The highest BCUT2D eigenvalue weighted by atomic mass is 16.5. The topological polar surface area (TPSA) is 91.5 Å². The Morgan fingerprint density at radius 2 is 1.86 bits per heavy atom. The first kappa shape index (κ1) is 19.3. The van der Waals surface area contributed by atoms with Gasteiger partial charge in [-0.3, -0.25) is 19.3 Å². The van der Waals surface area contributed by atoms with Crippen LogP contribution in [0.5, 0.6) is 0 Å². The number of ketones is 1. The van der Waals surface area contributed by atoms with Crippen molar-refractivity contribution in [2.24, 2.45) is 0 Å². The number of Topliss-reactive ketones (excluding diaryl/α,β-unsaturated/α-hetero) is 1. The lowest BCUT2D eigenvalue weighted by Crippen LogP contribution is -2.59. The van der Waals surface area contributed by atoms with Crippen molar-refractivity contribution < 1.29 is 14.3 Å². The van der Waals surface area contributed by atoms with Crippen LogP contribution in [0.15, 0.2) is 10.9 Å². The molecule has 2 fully saturated rings. The molecule has 0 bridgehead atoms. The van der Waals surface area contributed by atoms with Gasteiger partial charge in [-0.1, -0.05) is 19.3 Å². The summed E-state index contributed by atoms with van der Waals surface area (Å²) >= 11 is 0. The van der Waals surface area contributed by atoms with E-state index in [1.54, 1.807) is 0 Å². The minimum atomic E-state index is -0.407.